The summed E-state index contributed by atoms with van der Waals surface area (Å²) in [5.41, 5.74) is 0.105. The Morgan fingerprint density at radius 1 is 1.53 bits per heavy atom. The average molecular weight is 285 g/mol. The number of hydrogen-bond donors (Lipinski definition) is 2. The zero-order chi connectivity index (χ0) is 14.3. The van der Waals surface area contributed by atoms with E-state index in [9.17, 15) is 4.79 Å². The van der Waals surface area contributed by atoms with Crippen molar-refractivity contribution >= 4 is 23.4 Å². The molecule has 5 heteroatoms. The van der Waals surface area contributed by atoms with Crippen molar-refractivity contribution in [3.8, 4) is 0 Å². The first-order chi connectivity index (χ1) is 9.08. The normalized spacial score (nSPS) is 12.2. The molecule has 1 heterocycles. The second-order valence-electron chi connectivity index (χ2n) is 4.66. The molecule has 2 N–H and O–H groups in total. The molecule has 0 fully saturated rings. The molecule has 0 radical (unpaired) electrons. The molecule has 0 saturated carbocycles. The van der Waals surface area contributed by atoms with E-state index >= 15 is 0 Å². The van der Waals surface area contributed by atoms with Crippen molar-refractivity contribution in [1.82, 2.24) is 4.98 Å². The van der Waals surface area contributed by atoms with Gasteiger partial charge in [0.1, 0.15) is 5.82 Å². The van der Waals surface area contributed by atoms with Gasteiger partial charge >= 0.3 is 5.97 Å². The number of pyridine rings is 1. The molecule has 19 heavy (non-hydrogen) atoms. The lowest BCUT2D eigenvalue weighted by molar-refractivity contribution is 0.0696. The minimum atomic E-state index is -1.02. The summed E-state index contributed by atoms with van der Waals surface area (Å²) < 4.78 is 0. The van der Waals surface area contributed by atoms with Gasteiger partial charge in [-0.3, -0.25) is 0 Å². The number of anilines is 1. The van der Waals surface area contributed by atoms with Crippen LogP contribution in [-0.4, -0.2) is 22.6 Å². The zero-order valence-electron chi connectivity index (χ0n) is 11.4. The first-order valence-corrected chi connectivity index (χ1v) is 7.09. The maximum Gasteiger partial charge on any atom is 0.337 e. The van der Waals surface area contributed by atoms with Crippen LogP contribution >= 0.6 is 11.6 Å². The maximum atomic E-state index is 10.8. The van der Waals surface area contributed by atoms with Gasteiger partial charge in [0.2, 0.25) is 0 Å². The largest absolute Gasteiger partial charge is 0.478 e. The van der Waals surface area contributed by atoms with Crippen LogP contribution in [0.25, 0.3) is 0 Å². The minimum Gasteiger partial charge on any atom is -0.478 e. The highest BCUT2D eigenvalue weighted by atomic mass is 35.5. The molecule has 1 atom stereocenters. The quantitative estimate of drug-likeness (QED) is 0.755. The molecule has 1 unspecified atom stereocenters. The van der Waals surface area contributed by atoms with Crippen molar-refractivity contribution in [3.05, 3.63) is 22.8 Å². The van der Waals surface area contributed by atoms with Gasteiger partial charge in [0, 0.05) is 12.7 Å². The summed E-state index contributed by atoms with van der Waals surface area (Å²) in [5, 5.41) is 12.4. The van der Waals surface area contributed by atoms with Crippen molar-refractivity contribution < 1.29 is 9.90 Å². The Kier molecular flexibility index (Phi) is 6.64. The van der Waals surface area contributed by atoms with Crippen molar-refractivity contribution in [3.63, 3.8) is 0 Å². The number of aromatic nitrogens is 1. The topological polar surface area (TPSA) is 62.2 Å². The van der Waals surface area contributed by atoms with E-state index in [1.54, 1.807) is 0 Å². The lowest BCUT2D eigenvalue weighted by atomic mass is 9.99. The summed E-state index contributed by atoms with van der Waals surface area (Å²) in [6, 6.07) is 1.42. The Bertz CT molecular complexity index is 424. The van der Waals surface area contributed by atoms with Crippen molar-refractivity contribution in [1.29, 1.82) is 0 Å². The molecule has 1 rings (SSSR count). The number of carbonyl (C=O) groups is 1. The fraction of sp³-hybridized carbons (Fsp3) is 0.571. The van der Waals surface area contributed by atoms with Crippen LogP contribution in [0.15, 0.2) is 12.3 Å². The van der Waals surface area contributed by atoms with Gasteiger partial charge in [-0.2, -0.15) is 0 Å². The van der Waals surface area contributed by atoms with Crippen LogP contribution in [-0.2, 0) is 0 Å². The van der Waals surface area contributed by atoms with Crippen LogP contribution in [0.5, 0.6) is 0 Å². The van der Waals surface area contributed by atoms with E-state index < -0.39 is 5.97 Å². The zero-order valence-corrected chi connectivity index (χ0v) is 12.2. The van der Waals surface area contributed by atoms with E-state index in [1.807, 2.05) is 0 Å². The molecule has 0 aliphatic rings. The average Bonchev–Trinajstić information content (AvgIpc) is 2.40. The predicted molar refractivity (Wildman–Crippen MR) is 78.0 cm³/mol. The van der Waals surface area contributed by atoms with E-state index in [-0.39, 0.29) is 5.56 Å². The predicted octanol–water partition coefficient (Wildman–Crippen LogP) is 4.06. The summed E-state index contributed by atoms with van der Waals surface area (Å²) >= 11 is 6.02. The van der Waals surface area contributed by atoms with Gasteiger partial charge in [0.15, 0.2) is 0 Å². The molecule has 4 nitrogen and oxygen atoms in total. The number of aromatic carboxylic acids is 1. The molecule has 0 aliphatic carbocycles. The number of halogens is 1. The van der Waals surface area contributed by atoms with Gasteiger partial charge in [-0.15, -0.1) is 0 Å². The van der Waals surface area contributed by atoms with E-state index in [4.69, 9.17) is 16.7 Å². The standard InChI is InChI=1S/C14H21ClN2O2/c1-3-5-6-10(4-2)8-16-13-12(15)7-11(9-17-13)14(18)19/h7,9-10H,3-6,8H2,1-2H3,(H,16,17)(H,18,19). The molecule has 0 saturated heterocycles. The number of hydrogen-bond acceptors (Lipinski definition) is 3. The Hall–Kier alpha value is -1.29. The molecule has 1 aromatic rings. The molecular formula is C14H21ClN2O2. The van der Waals surface area contributed by atoms with Crippen LogP contribution < -0.4 is 5.32 Å². The number of nitrogens with one attached hydrogen (secondary N) is 1. The molecule has 0 aromatic carbocycles. The summed E-state index contributed by atoms with van der Waals surface area (Å²) in [6.45, 7) is 5.17. The number of rotatable bonds is 8. The summed E-state index contributed by atoms with van der Waals surface area (Å²) in [7, 11) is 0. The monoisotopic (exact) mass is 284 g/mol. The lowest BCUT2D eigenvalue weighted by Crippen LogP contribution is -2.15. The molecule has 106 valence electrons. The highest BCUT2D eigenvalue weighted by Gasteiger charge is 2.10. The lowest BCUT2D eigenvalue weighted by Gasteiger charge is -2.16. The maximum absolute atomic E-state index is 10.8. The van der Waals surface area contributed by atoms with Crippen LogP contribution in [0.4, 0.5) is 5.82 Å². The number of carboxylic acid groups (broad SMARTS) is 1. The fourth-order valence-corrected chi connectivity index (χ4v) is 2.10. The van der Waals surface area contributed by atoms with E-state index in [2.05, 4.69) is 24.1 Å². The number of nitrogens with zero attached hydrogens (tertiary/aromatic N) is 1. The highest BCUT2D eigenvalue weighted by molar-refractivity contribution is 6.33. The van der Waals surface area contributed by atoms with Crippen molar-refractivity contribution in [2.24, 2.45) is 5.92 Å². The molecule has 0 aliphatic heterocycles. The highest BCUT2D eigenvalue weighted by Crippen LogP contribution is 2.21. The molecule has 0 spiro atoms. The fourth-order valence-electron chi connectivity index (χ4n) is 1.87. The van der Waals surface area contributed by atoms with Gasteiger partial charge in [-0.25, -0.2) is 9.78 Å². The van der Waals surface area contributed by atoms with E-state index in [0.29, 0.717) is 16.8 Å². The summed E-state index contributed by atoms with van der Waals surface area (Å²) in [5.74, 6) is 0.133. The smallest absolute Gasteiger partial charge is 0.337 e. The third-order valence-corrected chi connectivity index (χ3v) is 3.48. The first-order valence-electron chi connectivity index (χ1n) is 6.71. The second kappa shape index (κ2) is 8.00. The third kappa shape index (κ3) is 5.07. The van der Waals surface area contributed by atoms with Crippen LogP contribution in [0.3, 0.4) is 0 Å². The van der Waals surface area contributed by atoms with Gasteiger partial charge in [0.25, 0.3) is 0 Å². The van der Waals surface area contributed by atoms with Crippen molar-refractivity contribution in [2.75, 3.05) is 11.9 Å². The van der Waals surface area contributed by atoms with Gasteiger partial charge in [0.05, 0.1) is 10.6 Å². The second-order valence-corrected chi connectivity index (χ2v) is 5.06. The Morgan fingerprint density at radius 2 is 2.26 bits per heavy atom. The molecule has 1 aromatic heterocycles. The van der Waals surface area contributed by atoms with Gasteiger partial charge in [-0.1, -0.05) is 44.7 Å². The van der Waals surface area contributed by atoms with Gasteiger partial charge in [-0.05, 0) is 18.4 Å². The Labute approximate surface area is 119 Å². The van der Waals surface area contributed by atoms with Crippen molar-refractivity contribution in [2.45, 2.75) is 39.5 Å². The summed E-state index contributed by atoms with van der Waals surface area (Å²) in [4.78, 5) is 14.8. The molecule has 0 amide bonds. The SMILES string of the molecule is CCCCC(CC)CNc1ncc(C(=O)O)cc1Cl. The van der Waals surface area contributed by atoms with Crippen LogP contribution in [0, 0.1) is 5.92 Å². The summed E-state index contributed by atoms with van der Waals surface area (Å²) in [6.07, 6.45) is 6.04. The van der Waals surface area contributed by atoms with E-state index in [1.165, 1.54) is 31.5 Å². The first kappa shape index (κ1) is 15.8. The van der Waals surface area contributed by atoms with E-state index in [0.717, 1.165) is 13.0 Å². The Morgan fingerprint density at radius 3 is 2.79 bits per heavy atom. The number of unbranched alkanes of at least 4 members (excludes halogenated alkanes) is 1. The minimum absolute atomic E-state index is 0.105. The molecular weight excluding hydrogens is 264 g/mol. The molecule has 0 bridgehead atoms. The van der Waals surface area contributed by atoms with Crippen LogP contribution in [0.2, 0.25) is 5.02 Å². The Balaban J connectivity index is 2.59. The van der Waals surface area contributed by atoms with Crippen LogP contribution in [0.1, 0.15) is 49.9 Å². The van der Waals surface area contributed by atoms with Gasteiger partial charge < -0.3 is 10.4 Å². The number of carboxylic acids is 1. The third-order valence-electron chi connectivity index (χ3n) is 3.19.